The number of carboxylic acids is 1. The summed E-state index contributed by atoms with van der Waals surface area (Å²) >= 11 is 0. The van der Waals surface area contributed by atoms with Crippen LogP contribution in [0.1, 0.15) is 24.8 Å². The number of hydrogen-bond acceptors (Lipinski definition) is 3. The van der Waals surface area contributed by atoms with Crippen molar-refractivity contribution < 1.29 is 14.7 Å². The Morgan fingerprint density at radius 1 is 1.40 bits per heavy atom. The smallest absolute Gasteiger partial charge is 0.317 e. The second-order valence-electron chi connectivity index (χ2n) is 5.21. The van der Waals surface area contributed by atoms with E-state index in [0.29, 0.717) is 19.4 Å². The van der Waals surface area contributed by atoms with Gasteiger partial charge in [-0.1, -0.05) is 0 Å². The maximum atomic E-state index is 12.0. The normalized spacial score (nSPS) is 21.4. The van der Waals surface area contributed by atoms with Crippen LogP contribution in [-0.4, -0.2) is 40.1 Å². The van der Waals surface area contributed by atoms with Gasteiger partial charge in [-0.3, -0.25) is 9.78 Å². The molecule has 0 spiro atoms. The van der Waals surface area contributed by atoms with Crippen molar-refractivity contribution in [2.24, 2.45) is 5.92 Å². The molecule has 1 saturated carbocycles. The lowest BCUT2D eigenvalue weighted by atomic mass is 10.1. The molecule has 0 saturated heterocycles. The van der Waals surface area contributed by atoms with Gasteiger partial charge in [0.15, 0.2) is 0 Å². The molecule has 1 fully saturated rings. The Hall–Kier alpha value is -2.11. The summed E-state index contributed by atoms with van der Waals surface area (Å²) in [6.45, 7) is 0.503. The van der Waals surface area contributed by atoms with Crippen molar-refractivity contribution in [1.82, 2.24) is 15.2 Å². The van der Waals surface area contributed by atoms with Crippen molar-refractivity contribution in [3.8, 4) is 0 Å². The summed E-state index contributed by atoms with van der Waals surface area (Å²) in [6, 6.07) is 3.51. The van der Waals surface area contributed by atoms with E-state index in [1.54, 1.807) is 24.3 Å². The van der Waals surface area contributed by atoms with Gasteiger partial charge in [-0.25, -0.2) is 4.79 Å². The van der Waals surface area contributed by atoms with Gasteiger partial charge in [-0.2, -0.15) is 0 Å². The molecule has 1 aromatic rings. The summed E-state index contributed by atoms with van der Waals surface area (Å²) in [5.41, 5.74) is 1.01. The molecule has 1 heterocycles. The lowest BCUT2D eigenvalue weighted by molar-refractivity contribution is -0.141. The number of hydrogen-bond donors (Lipinski definition) is 2. The quantitative estimate of drug-likeness (QED) is 0.873. The lowest BCUT2D eigenvalue weighted by Gasteiger charge is -2.21. The van der Waals surface area contributed by atoms with Crippen LogP contribution >= 0.6 is 0 Å². The van der Waals surface area contributed by atoms with Crippen molar-refractivity contribution in [3.63, 3.8) is 0 Å². The van der Waals surface area contributed by atoms with Crippen LogP contribution in [0.15, 0.2) is 24.5 Å². The number of carboxylic acid groups (broad SMARTS) is 1. The molecule has 0 aromatic carbocycles. The molecule has 0 bridgehead atoms. The van der Waals surface area contributed by atoms with Gasteiger partial charge in [0.1, 0.15) is 0 Å². The number of aromatic nitrogens is 1. The molecule has 0 radical (unpaired) electrons. The first-order valence-electron chi connectivity index (χ1n) is 6.69. The van der Waals surface area contributed by atoms with Crippen LogP contribution in [-0.2, 0) is 11.3 Å². The summed E-state index contributed by atoms with van der Waals surface area (Å²) in [4.78, 5) is 28.4. The van der Waals surface area contributed by atoms with E-state index in [1.807, 2.05) is 12.1 Å². The zero-order valence-electron chi connectivity index (χ0n) is 11.5. The topological polar surface area (TPSA) is 82.5 Å². The van der Waals surface area contributed by atoms with Crippen molar-refractivity contribution in [1.29, 1.82) is 0 Å². The van der Waals surface area contributed by atoms with Crippen LogP contribution in [0.2, 0.25) is 0 Å². The highest BCUT2D eigenvalue weighted by molar-refractivity contribution is 5.75. The van der Waals surface area contributed by atoms with Crippen molar-refractivity contribution in [2.45, 2.75) is 31.8 Å². The zero-order chi connectivity index (χ0) is 14.5. The third kappa shape index (κ3) is 3.69. The number of amides is 2. The summed E-state index contributed by atoms with van der Waals surface area (Å²) in [5.74, 6) is -1.10. The predicted molar refractivity (Wildman–Crippen MR) is 73.0 cm³/mol. The van der Waals surface area contributed by atoms with Crippen molar-refractivity contribution in [3.05, 3.63) is 30.1 Å². The molecule has 108 valence electrons. The third-order valence-electron chi connectivity index (χ3n) is 3.63. The van der Waals surface area contributed by atoms with E-state index in [2.05, 4.69) is 10.3 Å². The highest BCUT2D eigenvalue weighted by atomic mass is 16.4. The Kier molecular flexibility index (Phi) is 4.55. The second-order valence-corrected chi connectivity index (χ2v) is 5.21. The van der Waals surface area contributed by atoms with E-state index in [0.717, 1.165) is 12.0 Å². The van der Waals surface area contributed by atoms with Gasteiger partial charge in [-0.15, -0.1) is 0 Å². The molecule has 1 aromatic heterocycles. The number of rotatable bonds is 4. The zero-order valence-corrected chi connectivity index (χ0v) is 11.5. The molecule has 1 aliphatic rings. The number of nitrogens with one attached hydrogen (secondary N) is 1. The maximum Gasteiger partial charge on any atom is 0.317 e. The summed E-state index contributed by atoms with van der Waals surface area (Å²) in [7, 11) is 1.72. The van der Waals surface area contributed by atoms with Gasteiger partial charge in [-0.05, 0) is 37.0 Å². The minimum absolute atomic E-state index is 0.0384. The molecule has 20 heavy (non-hydrogen) atoms. The Labute approximate surface area is 117 Å². The standard InChI is InChI=1S/C14H19N3O3/c1-17(9-10-4-6-15-7-5-10)14(20)16-12-3-2-11(8-12)13(18)19/h4-7,11-12H,2-3,8-9H2,1H3,(H,16,20)(H,18,19). The minimum atomic E-state index is -0.771. The molecule has 0 aliphatic heterocycles. The second kappa shape index (κ2) is 6.36. The molecule has 2 N–H and O–H groups in total. The number of pyridine rings is 1. The number of carbonyl (C=O) groups excluding carboxylic acids is 1. The average molecular weight is 277 g/mol. The SMILES string of the molecule is CN(Cc1ccncc1)C(=O)NC1CCC(C(=O)O)C1. The molecular weight excluding hydrogens is 258 g/mol. The van der Waals surface area contributed by atoms with Gasteiger partial charge in [0.2, 0.25) is 0 Å². The van der Waals surface area contributed by atoms with Gasteiger partial charge in [0.25, 0.3) is 0 Å². The van der Waals surface area contributed by atoms with Gasteiger partial charge >= 0.3 is 12.0 Å². The van der Waals surface area contributed by atoms with E-state index >= 15 is 0 Å². The maximum absolute atomic E-state index is 12.0. The Balaban J connectivity index is 1.81. The van der Waals surface area contributed by atoms with Crippen LogP contribution in [0.5, 0.6) is 0 Å². The molecule has 2 rings (SSSR count). The highest BCUT2D eigenvalue weighted by Crippen LogP contribution is 2.25. The fourth-order valence-corrected chi connectivity index (χ4v) is 2.46. The van der Waals surface area contributed by atoms with E-state index in [1.165, 1.54) is 0 Å². The molecule has 2 unspecified atom stereocenters. The lowest BCUT2D eigenvalue weighted by Crippen LogP contribution is -2.42. The molecule has 2 atom stereocenters. The fraction of sp³-hybridized carbons (Fsp3) is 0.500. The van der Waals surface area contributed by atoms with E-state index in [9.17, 15) is 9.59 Å². The summed E-state index contributed by atoms with van der Waals surface area (Å²) < 4.78 is 0. The summed E-state index contributed by atoms with van der Waals surface area (Å²) in [5, 5.41) is 11.8. The predicted octanol–water partition coefficient (Wildman–Crippen LogP) is 1.48. The van der Waals surface area contributed by atoms with Crippen LogP contribution in [0.3, 0.4) is 0 Å². The Morgan fingerprint density at radius 3 is 2.70 bits per heavy atom. The van der Waals surface area contributed by atoms with Crippen molar-refractivity contribution >= 4 is 12.0 Å². The van der Waals surface area contributed by atoms with E-state index in [-0.39, 0.29) is 18.0 Å². The highest BCUT2D eigenvalue weighted by Gasteiger charge is 2.30. The first-order valence-corrected chi connectivity index (χ1v) is 6.69. The Bertz CT molecular complexity index is 478. The number of carbonyl (C=O) groups is 2. The van der Waals surface area contributed by atoms with Crippen LogP contribution in [0.25, 0.3) is 0 Å². The Morgan fingerprint density at radius 2 is 2.10 bits per heavy atom. The van der Waals surface area contributed by atoms with E-state index in [4.69, 9.17) is 5.11 Å². The van der Waals surface area contributed by atoms with Crippen LogP contribution < -0.4 is 5.32 Å². The van der Waals surface area contributed by atoms with E-state index < -0.39 is 5.97 Å². The number of urea groups is 1. The number of aliphatic carboxylic acids is 1. The minimum Gasteiger partial charge on any atom is -0.481 e. The first kappa shape index (κ1) is 14.3. The van der Waals surface area contributed by atoms with Gasteiger partial charge in [0, 0.05) is 32.0 Å². The monoisotopic (exact) mass is 277 g/mol. The van der Waals surface area contributed by atoms with Gasteiger partial charge < -0.3 is 15.3 Å². The van der Waals surface area contributed by atoms with Crippen LogP contribution in [0, 0.1) is 5.92 Å². The number of nitrogens with zero attached hydrogens (tertiary/aromatic N) is 2. The average Bonchev–Trinajstić information content (AvgIpc) is 2.88. The molecular formula is C14H19N3O3. The molecule has 6 heteroatoms. The van der Waals surface area contributed by atoms with Crippen molar-refractivity contribution in [2.75, 3.05) is 7.05 Å². The van der Waals surface area contributed by atoms with Gasteiger partial charge in [0.05, 0.1) is 5.92 Å². The molecule has 6 nitrogen and oxygen atoms in total. The van der Waals surface area contributed by atoms with Crippen LogP contribution in [0.4, 0.5) is 4.79 Å². The fourth-order valence-electron chi connectivity index (χ4n) is 2.46. The molecule has 1 aliphatic carbocycles. The first-order chi connectivity index (χ1) is 9.56. The summed E-state index contributed by atoms with van der Waals surface area (Å²) in [6.07, 6.45) is 5.26. The molecule has 2 amide bonds. The third-order valence-corrected chi connectivity index (χ3v) is 3.63. The largest absolute Gasteiger partial charge is 0.481 e.